The van der Waals surface area contributed by atoms with Gasteiger partial charge in [-0.2, -0.15) is 0 Å². The maximum Gasteiger partial charge on any atom is 0.164 e. The van der Waals surface area contributed by atoms with Crippen molar-refractivity contribution < 1.29 is 0 Å². The molecule has 2 heterocycles. The standard InChI is InChI=1S/C50H34N4/c1-50(2)41-28-27-31-15-9-10-20-34(31)46(41)40-29-39-37-21-11-12-25-43(37)54(45(39)30-42(40)50)44-26-14-22-35-36(44)23-13-24-38(35)49-52-47(32-16-5-3-6-17-32)51-48(53-49)33-18-7-4-8-19-33/h3-30H,1-2H3. The fourth-order valence-electron chi connectivity index (χ4n) is 8.84. The molecule has 0 saturated heterocycles. The molecule has 8 aromatic carbocycles. The summed E-state index contributed by atoms with van der Waals surface area (Å²) in [6, 6.07) is 60.6. The van der Waals surface area contributed by atoms with Crippen LogP contribution in [0.25, 0.3) is 94.3 Å². The fraction of sp³-hybridized carbons (Fsp3) is 0.0600. The van der Waals surface area contributed by atoms with Crippen LogP contribution in [0.4, 0.5) is 0 Å². The second kappa shape index (κ2) is 11.5. The van der Waals surface area contributed by atoms with Gasteiger partial charge in [0.25, 0.3) is 0 Å². The first-order valence-electron chi connectivity index (χ1n) is 18.5. The van der Waals surface area contributed by atoms with Crippen LogP contribution in [0.3, 0.4) is 0 Å². The zero-order valence-corrected chi connectivity index (χ0v) is 30.0. The summed E-state index contributed by atoms with van der Waals surface area (Å²) in [5, 5.41) is 7.31. The summed E-state index contributed by atoms with van der Waals surface area (Å²) in [5.41, 5.74) is 11.7. The summed E-state index contributed by atoms with van der Waals surface area (Å²) in [4.78, 5) is 15.2. The van der Waals surface area contributed by atoms with Crippen molar-refractivity contribution in [3.63, 3.8) is 0 Å². The Bertz CT molecular complexity index is 3060. The zero-order chi connectivity index (χ0) is 36.0. The Morgan fingerprint density at radius 2 is 1.02 bits per heavy atom. The van der Waals surface area contributed by atoms with Crippen LogP contribution in [0.1, 0.15) is 25.0 Å². The van der Waals surface area contributed by atoms with Gasteiger partial charge in [0.2, 0.25) is 0 Å². The van der Waals surface area contributed by atoms with E-state index in [-0.39, 0.29) is 5.41 Å². The minimum Gasteiger partial charge on any atom is -0.309 e. The molecule has 0 bridgehead atoms. The molecular formula is C50H34N4. The fourth-order valence-corrected chi connectivity index (χ4v) is 8.84. The molecule has 0 N–H and O–H groups in total. The lowest BCUT2D eigenvalue weighted by atomic mass is 9.82. The van der Waals surface area contributed by atoms with Gasteiger partial charge in [-0.25, -0.2) is 15.0 Å². The van der Waals surface area contributed by atoms with Crippen molar-refractivity contribution in [1.82, 2.24) is 19.5 Å². The van der Waals surface area contributed by atoms with Crippen molar-refractivity contribution in [2.24, 2.45) is 0 Å². The first-order chi connectivity index (χ1) is 26.5. The maximum atomic E-state index is 5.11. The molecule has 0 amide bonds. The Labute approximate surface area is 313 Å². The lowest BCUT2D eigenvalue weighted by Gasteiger charge is -2.22. The van der Waals surface area contributed by atoms with Crippen molar-refractivity contribution in [2.75, 3.05) is 0 Å². The van der Waals surface area contributed by atoms with E-state index in [1.165, 1.54) is 54.8 Å². The monoisotopic (exact) mass is 690 g/mol. The lowest BCUT2D eigenvalue weighted by Crippen LogP contribution is -2.15. The molecule has 54 heavy (non-hydrogen) atoms. The average Bonchev–Trinajstić information content (AvgIpc) is 3.67. The number of para-hydroxylation sites is 1. The Kier molecular flexibility index (Phi) is 6.56. The van der Waals surface area contributed by atoms with Crippen molar-refractivity contribution >= 4 is 43.4 Å². The van der Waals surface area contributed by atoms with Crippen molar-refractivity contribution in [2.45, 2.75) is 19.3 Å². The highest BCUT2D eigenvalue weighted by atomic mass is 15.0. The summed E-state index contributed by atoms with van der Waals surface area (Å²) < 4.78 is 2.46. The molecule has 4 nitrogen and oxygen atoms in total. The molecule has 1 aliphatic rings. The molecule has 0 radical (unpaired) electrons. The molecule has 1 aliphatic carbocycles. The predicted molar refractivity (Wildman–Crippen MR) is 223 cm³/mol. The van der Waals surface area contributed by atoms with Gasteiger partial charge in [-0.1, -0.05) is 159 Å². The normalized spacial score (nSPS) is 13.1. The van der Waals surface area contributed by atoms with E-state index in [0.29, 0.717) is 17.5 Å². The second-order valence-corrected chi connectivity index (χ2v) is 14.8. The van der Waals surface area contributed by atoms with Gasteiger partial charge in [0.15, 0.2) is 17.5 Å². The van der Waals surface area contributed by atoms with Crippen molar-refractivity contribution in [3.05, 3.63) is 181 Å². The third-order valence-corrected chi connectivity index (χ3v) is 11.4. The Morgan fingerprint density at radius 3 is 1.78 bits per heavy atom. The van der Waals surface area contributed by atoms with Gasteiger partial charge in [0.05, 0.1) is 16.7 Å². The summed E-state index contributed by atoms with van der Waals surface area (Å²) in [6.45, 7) is 4.75. The second-order valence-electron chi connectivity index (χ2n) is 14.8. The predicted octanol–water partition coefficient (Wildman–Crippen LogP) is 12.6. The van der Waals surface area contributed by atoms with E-state index >= 15 is 0 Å². The first kappa shape index (κ1) is 30.7. The first-order valence-corrected chi connectivity index (χ1v) is 18.5. The van der Waals surface area contributed by atoms with Crippen LogP contribution < -0.4 is 0 Å². The van der Waals surface area contributed by atoms with E-state index in [0.717, 1.165) is 33.2 Å². The van der Waals surface area contributed by atoms with Gasteiger partial charge in [-0.3, -0.25) is 0 Å². The summed E-state index contributed by atoms with van der Waals surface area (Å²) >= 11 is 0. The highest BCUT2D eigenvalue weighted by molar-refractivity contribution is 6.14. The highest BCUT2D eigenvalue weighted by Crippen LogP contribution is 2.53. The molecule has 0 atom stereocenters. The van der Waals surface area contributed by atoms with Crippen LogP contribution in [-0.4, -0.2) is 19.5 Å². The SMILES string of the molecule is CC1(C)c2cc3c(cc2-c2c1ccc1ccccc21)c1ccccc1n3-c1cccc2c(-c3nc(-c4ccccc4)nc(-c4ccccc4)n3)cccc12. The molecule has 10 aromatic rings. The van der Waals surface area contributed by atoms with Gasteiger partial charge in [-0.05, 0) is 62.7 Å². The van der Waals surface area contributed by atoms with Crippen LogP contribution in [-0.2, 0) is 5.41 Å². The molecule has 2 aromatic heterocycles. The minimum atomic E-state index is -0.151. The molecule has 4 heteroatoms. The van der Waals surface area contributed by atoms with Gasteiger partial charge < -0.3 is 4.57 Å². The van der Waals surface area contributed by atoms with Crippen molar-refractivity contribution in [3.8, 4) is 51.0 Å². The Hall–Kier alpha value is -6.91. The minimum absolute atomic E-state index is 0.151. The van der Waals surface area contributed by atoms with E-state index in [2.05, 4.69) is 152 Å². The topological polar surface area (TPSA) is 43.6 Å². The van der Waals surface area contributed by atoms with Gasteiger partial charge >= 0.3 is 0 Å². The molecule has 0 fully saturated rings. The number of fused-ring (bicyclic) bond motifs is 9. The van der Waals surface area contributed by atoms with E-state index < -0.39 is 0 Å². The number of hydrogen-bond donors (Lipinski definition) is 0. The molecule has 11 rings (SSSR count). The quantitative estimate of drug-likeness (QED) is 0.185. The average molecular weight is 691 g/mol. The lowest BCUT2D eigenvalue weighted by molar-refractivity contribution is 0.661. The molecule has 0 spiro atoms. The van der Waals surface area contributed by atoms with E-state index in [1.54, 1.807) is 0 Å². The largest absolute Gasteiger partial charge is 0.309 e. The van der Waals surface area contributed by atoms with Crippen LogP contribution in [0, 0.1) is 0 Å². The smallest absolute Gasteiger partial charge is 0.164 e. The number of rotatable bonds is 4. The Morgan fingerprint density at radius 1 is 0.407 bits per heavy atom. The Balaban J connectivity index is 1.16. The molecule has 0 unspecified atom stereocenters. The van der Waals surface area contributed by atoms with Gasteiger partial charge in [-0.15, -0.1) is 0 Å². The number of aromatic nitrogens is 4. The van der Waals surface area contributed by atoms with Gasteiger partial charge in [0, 0.05) is 38.3 Å². The molecular weight excluding hydrogens is 657 g/mol. The van der Waals surface area contributed by atoms with E-state index in [9.17, 15) is 0 Å². The van der Waals surface area contributed by atoms with Crippen LogP contribution >= 0.6 is 0 Å². The third kappa shape index (κ3) is 4.47. The zero-order valence-electron chi connectivity index (χ0n) is 30.0. The van der Waals surface area contributed by atoms with E-state index in [4.69, 9.17) is 15.0 Å². The van der Waals surface area contributed by atoms with E-state index in [1.807, 2.05) is 36.4 Å². The highest BCUT2D eigenvalue weighted by Gasteiger charge is 2.37. The molecule has 254 valence electrons. The number of nitrogens with zero attached hydrogens (tertiary/aromatic N) is 4. The van der Waals surface area contributed by atoms with Crippen LogP contribution in [0.15, 0.2) is 170 Å². The molecule has 0 aliphatic heterocycles. The van der Waals surface area contributed by atoms with Gasteiger partial charge in [0.1, 0.15) is 0 Å². The maximum absolute atomic E-state index is 5.11. The third-order valence-electron chi connectivity index (χ3n) is 11.4. The summed E-state index contributed by atoms with van der Waals surface area (Å²) in [5.74, 6) is 1.96. The van der Waals surface area contributed by atoms with Crippen LogP contribution in [0.2, 0.25) is 0 Å². The summed E-state index contributed by atoms with van der Waals surface area (Å²) in [7, 11) is 0. The molecule has 0 saturated carbocycles. The van der Waals surface area contributed by atoms with Crippen molar-refractivity contribution in [1.29, 1.82) is 0 Å². The van der Waals surface area contributed by atoms with Crippen LogP contribution in [0.5, 0.6) is 0 Å². The summed E-state index contributed by atoms with van der Waals surface area (Å²) in [6.07, 6.45) is 0. The number of benzene rings is 8. The number of hydrogen-bond acceptors (Lipinski definition) is 3.